The van der Waals surface area contributed by atoms with Gasteiger partial charge in [0.15, 0.2) is 5.65 Å². The Morgan fingerprint density at radius 2 is 1.96 bits per heavy atom. The van der Waals surface area contributed by atoms with Gasteiger partial charge in [-0.3, -0.25) is 0 Å². The van der Waals surface area contributed by atoms with Crippen LogP contribution in [0.3, 0.4) is 0 Å². The second-order valence-electron chi connectivity index (χ2n) is 5.82. The summed E-state index contributed by atoms with van der Waals surface area (Å²) in [5.74, 6) is 2.37. The van der Waals surface area contributed by atoms with E-state index in [2.05, 4.69) is 33.7 Å². The summed E-state index contributed by atoms with van der Waals surface area (Å²) in [6.45, 7) is 4.84. The number of methoxy groups -OCH3 is 2. The third-order valence-electron chi connectivity index (χ3n) is 3.93. The zero-order valence-corrected chi connectivity index (χ0v) is 14.4. The van der Waals surface area contributed by atoms with Gasteiger partial charge in [0.1, 0.15) is 22.8 Å². The fraction of sp³-hybridized carbons (Fsp3) is 0.333. The number of rotatable bonds is 6. The van der Waals surface area contributed by atoms with Gasteiger partial charge < -0.3 is 19.4 Å². The molecule has 24 heavy (non-hydrogen) atoms. The highest BCUT2D eigenvalue weighted by molar-refractivity contribution is 5.73. The number of anilines is 1. The zero-order valence-electron chi connectivity index (χ0n) is 14.4. The minimum absolute atomic E-state index is 0.319. The Hall–Kier alpha value is -2.76. The van der Waals surface area contributed by atoms with E-state index in [0.29, 0.717) is 12.6 Å². The van der Waals surface area contributed by atoms with Crippen LogP contribution < -0.4 is 14.8 Å². The molecule has 6 nitrogen and oxygen atoms in total. The Kier molecular flexibility index (Phi) is 4.55. The van der Waals surface area contributed by atoms with E-state index in [1.54, 1.807) is 14.2 Å². The average Bonchev–Trinajstić information content (AvgIpc) is 3.03. The molecule has 0 bridgehead atoms. The molecule has 2 aromatic heterocycles. The number of benzene rings is 1. The van der Waals surface area contributed by atoms with Gasteiger partial charge in [0.25, 0.3) is 0 Å². The van der Waals surface area contributed by atoms with Crippen LogP contribution in [0.25, 0.3) is 11.2 Å². The Balaban J connectivity index is 1.82. The molecule has 0 aliphatic carbocycles. The summed E-state index contributed by atoms with van der Waals surface area (Å²) < 4.78 is 12.7. The largest absolute Gasteiger partial charge is 0.497 e. The molecule has 3 rings (SSSR count). The first-order valence-corrected chi connectivity index (χ1v) is 7.90. The molecule has 0 aliphatic heterocycles. The van der Waals surface area contributed by atoms with Crippen LogP contribution in [0, 0.1) is 0 Å². The highest BCUT2D eigenvalue weighted by Gasteiger charge is 2.09. The number of hydrogen-bond donors (Lipinski definition) is 1. The summed E-state index contributed by atoms with van der Waals surface area (Å²) in [7, 11) is 3.30. The molecule has 3 aromatic rings. The van der Waals surface area contributed by atoms with Crippen LogP contribution in [0.1, 0.15) is 25.5 Å². The monoisotopic (exact) mass is 326 g/mol. The van der Waals surface area contributed by atoms with E-state index in [1.807, 2.05) is 36.7 Å². The lowest BCUT2D eigenvalue weighted by molar-refractivity contribution is 0.391. The Labute approximate surface area is 141 Å². The van der Waals surface area contributed by atoms with Crippen LogP contribution in [-0.4, -0.2) is 28.8 Å². The van der Waals surface area contributed by atoms with Crippen molar-refractivity contribution < 1.29 is 9.47 Å². The summed E-state index contributed by atoms with van der Waals surface area (Å²) in [5.41, 5.74) is 2.82. The van der Waals surface area contributed by atoms with Crippen molar-refractivity contribution in [3.63, 3.8) is 0 Å². The lowest BCUT2D eigenvalue weighted by Gasteiger charge is -2.12. The number of pyridine rings is 1. The van der Waals surface area contributed by atoms with Crippen molar-refractivity contribution in [1.82, 2.24) is 14.5 Å². The molecule has 0 spiro atoms. The van der Waals surface area contributed by atoms with Gasteiger partial charge in [-0.25, -0.2) is 9.97 Å². The van der Waals surface area contributed by atoms with Gasteiger partial charge in [-0.1, -0.05) is 0 Å². The van der Waals surface area contributed by atoms with Gasteiger partial charge in [0, 0.05) is 24.2 Å². The fourth-order valence-corrected chi connectivity index (χ4v) is 2.57. The number of fused-ring (bicyclic) bond motifs is 1. The first-order valence-electron chi connectivity index (χ1n) is 7.90. The highest BCUT2D eigenvalue weighted by Crippen LogP contribution is 2.25. The number of aromatic nitrogens is 3. The molecule has 0 saturated carbocycles. The summed E-state index contributed by atoms with van der Waals surface area (Å²) in [6.07, 6.45) is 1.83. The van der Waals surface area contributed by atoms with E-state index in [1.165, 1.54) is 0 Å². The van der Waals surface area contributed by atoms with E-state index >= 15 is 0 Å². The minimum Gasteiger partial charge on any atom is -0.497 e. The van der Waals surface area contributed by atoms with Crippen molar-refractivity contribution >= 4 is 17.0 Å². The molecular formula is C18H22N4O2. The van der Waals surface area contributed by atoms with Gasteiger partial charge in [-0.05, 0) is 38.1 Å². The Morgan fingerprint density at radius 3 is 2.67 bits per heavy atom. The highest BCUT2D eigenvalue weighted by atomic mass is 16.5. The van der Waals surface area contributed by atoms with Crippen LogP contribution in [0.2, 0.25) is 0 Å². The van der Waals surface area contributed by atoms with Crippen molar-refractivity contribution in [2.24, 2.45) is 0 Å². The van der Waals surface area contributed by atoms with E-state index in [0.717, 1.165) is 34.0 Å². The van der Waals surface area contributed by atoms with Crippen molar-refractivity contribution in [1.29, 1.82) is 0 Å². The SMILES string of the molecule is COc1ccc(CNc2ccc3ncn(C(C)C)c3n2)c(OC)c1. The molecule has 0 amide bonds. The number of ether oxygens (including phenoxy) is 2. The summed E-state index contributed by atoms with van der Waals surface area (Å²) in [6, 6.07) is 10.0. The van der Waals surface area contributed by atoms with Crippen LogP contribution in [0.5, 0.6) is 11.5 Å². The zero-order chi connectivity index (χ0) is 17.1. The maximum absolute atomic E-state index is 5.43. The minimum atomic E-state index is 0.319. The quantitative estimate of drug-likeness (QED) is 0.749. The number of nitrogens with one attached hydrogen (secondary N) is 1. The molecule has 2 heterocycles. The Bertz CT molecular complexity index is 842. The summed E-state index contributed by atoms with van der Waals surface area (Å²) in [5, 5.41) is 3.35. The van der Waals surface area contributed by atoms with E-state index in [9.17, 15) is 0 Å². The second-order valence-corrected chi connectivity index (χ2v) is 5.82. The molecule has 0 atom stereocenters. The van der Waals surface area contributed by atoms with Crippen molar-refractivity contribution in [3.8, 4) is 11.5 Å². The van der Waals surface area contributed by atoms with Crippen LogP contribution >= 0.6 is 0 Å². The standard InChI is InChI=1S/C18H22N4O2/c1-12(2)22-11-20-15-7-8-17(21-18(15)22)19-10-13-5-6-14(23-3)9-16(13)24-4/h5-9,11-12H,10H2,1-4H3,(H,19,21). The molecule has 0 aliphatic rings. The Morgan fingerprint density at radius 1 is 1.12 bits per heavy atom. The maximum Gasteiger partial charge on any atom is 0.162 e. The lowest BCUT2D eigenvalue weighted by Crippen LogP contribution is -2.05. The smallest absolute Gasteiger partial charge is 0.162 e. The van der Waals surface area contributed by atoms with Gasteiger partial charge in [-0.15, -0.1) is 0 Å². The number of imidazole rings is 1. The lowest BCUT2D eigenvalue weighted by atomic mass is 10.2. The molecule has 0 radical (unpaired) electrons. The van der Waals surface area contributed by atoms with Gasteiger partial charge in [0.05, 0.1) is 20.5 Å². The molecule has 0 fully saturated rings. The first-order chi connectivity index (χ1) is 11.6. The average molecular weight is 326 g/mol. The third kappa shape index (κ3) is 3.13. The van der Waals surface area contributed by atoms with Crippen molar-refractivity contribution in [2.75, 3.05) is 19.5 Å². The van der Waals surface area contributed by atoms with Gasteiger partial charge in [0.2, 0.25) is 0 Å². The fourth-order valence-electron chi connectivity index (χ4n) is 2.57. The van der Waals surface area contributed by atoms with E-state index in [-0.39, 0.29) is 0 Å². The normalized spacial score (nSPS) is 11.0. The summed E-state index contributed by atoms with van der Waals surface area (Å²) >= 11 is 0. The van der Waals surface area contributed by atoms with E-state index < -0.39 is 0 Å². The molecule has 1 aromatic carbocycles. The molecule has 6 heteroatoms. The predicted octanol–water partition coefficient (Wildman–Crippen LogP) is 3.64. The predicted molar refractivity (Wildman–Crippen MR) is 94.8 cm³/mol. The van der Waals surface area contributed by atoms with Gasteiger partial charge in [-0.2, -0.15) is 0 Å². The third-order valence-corrected chi connectivity index (χ3v) is 3.93. The second kappa shape index (κ2) is 6.78. The van der Waals surface area contributed by atoms with E-state index in [4.69, 9.17) is 9.47 Å². The first kappa shape index (κ1) is 16.1. The topological polar surface area (TPSA) is 61.2 Å². The number of nitrogens with zero attached hydrogens (tertiary/aromatic N) is 3. The molecular weight excluding hydrogens is 304 g/mol. The van der Waals surface area contributed by atoms with Crippen molar-refractivity contribution in [3.05, 3.63) is 42.2 Å². The van der Waals surface area contributed by atoms with Crippen LogP contribution in [0.15, 0.2) is 36.7 Å². The van der Waals surface area contributed by atoms with Crippen LogP contribution in [-0.2, 0) is 6.54 Å². The van der Waals surface area contributed by atoms with Crippen molar-refractivity contribution in [2.45, 2.75) is 26.4 Å². The molecule has 1 N–H and O–H groups in total. The number of hydrogen-bond acceptors (Lipinski definition) is 5. The molecule has 0 saturated heterocycles. The van der Waals surface area contributed by atoms with Crippen LogP contribution in [0.4, 0.5) is 5.82 Å². The van der Waals surface area contributed by atoms with Gasteiger partial charge >= 0.3 is 0 Å². The molecule has 0 unspecified atom stereocenters. The summed E-state index contributed by atoms with van der Waals surface area (Å²) in [4.78, 5) is 9.07. The maximum atomic E-state index is 5.43. The molecule has 126 valence electrons.